The molecule has 0 aliphatic heterocycles. The number of benzene rings is 3. The largest absolute Gasteiger partial charge is 0.450 e. The molecule has 0 radical (unpaired) electrons. The number of aromatic nitrogens is 4. The highest BCUT2D eigenvalue weighted by Gasteiger charge is 2.23. The molecule has 0 saturated carbocycles. The zero-order chi connectivity index (χ0) is 38.7. The number of carbonyl (C=O) groups is 2. The quantitative estimate of drug-likeness (QED) is 0.0599. The number of imidazole rings is 1. The van der Waals surface area contributed by atoms with E-state index in [4.69, 9.17) is 24.3 Å². The second-order valence-corrected chi connectivity index (χ2v) is 27.5. The summed E-state index contributed by atoms with van der Waals surface area (Å²) in [4.78, 5) is 30.5. The maximum absolute atomic E-state index is 13.4. The maximum atomic E-state index is 13.4. The van der Waals surface area contributed by atoms with E-state index in [2.05, 4.69) is 84.8 Å². The van der Waals surface area contributed by atoms with Crippen LogP contribution in [-0.2, 0) is 27.7 Å². The van der Waals surface area contributed by atoms with E-state index in [0.29, 0.717) is 63.1 Å². The smallest absolute Gasteiger partial charge is 0.407 e. The minimum absolute atomic E-state index is 0.205. The van der Waals surface area contributed by atoms with E-state index in [9.17, 15) is 9.59 Å². The molecule has 11 nitrogen and oxygen atoms in total. The summed E-state index contributed by atoms with van der Waals surface area (Å²) in [5.41, 5.74) is 6.02. The van der Waals surface area contributed by atoms with Crippen LogP contribution in [0.2, 0.25) is 51.4 Å². The zero-order valence-corrected chi connectivity index (χ0v) is 35.2. The topological polar surface area (TPSA) is 122 Å². The fourth-order valence-electron chi connectivity index (χ4n) is 5.84. The summed E-state index contributed by atoms with van der Waals surface area (Å²) in [6.07, 6.45) is 1.93. The minimum Gasteiger partial charge on any atom is -0.450 e. The maximum Gasteiger partial charge on any atom is 0.407 e. The third-order valence-electron chi connectivity index (χ3n) is 9.15. The summed E-state index contributed by atoms with van der Waals surface area (Å²) in [7, 11) is -2.59. The van der Waals surface area contributed by atoms with Crippen molar-refractivity contribution in [1.29, 1.82) is 0 Å². The number of nitrogens with zero attached hydrogens (tertiary/aromatic N) is 4. The number of unbranched alkanes of at least 4 members (excludes halogenated alkanes) is 1. The average Bonchev–Trinajstić information content (AvgIpc) is 3.68. The number of ether oxygens (including phenoxy) is 3. The first kappa shape index (κ1) is 40.9. The van der Waals surface area contributed by atoms with Gasteiger partial charge in [0, 0.05) is 53.4 Å². The summed E-state index contributed by atoms with van der Waals surface area (Å²) in [5.74, 6) is 0.465. The first-order chi connectivity index (χ1) is 25.8. The van der Waals surface area contributed by atoms with Crippen molar-refractivity contribution < 1.29 is 23.8 Å². The van der Waals surface area contributed by atoms with Crippen molar-refractivity contribution in [3.63, 3.8) is 0 Å². The van der Waals surface area contributed by atoms with Crippen LogP contribution in [0.4, 0.5) is 4.79 Å². The number of nitrogens with one attached hydrogen (secondary N) is 2. The van der Waals surface area contributed by atoms with E-state index in [-0.39, 0.29) is 12.6 Å². The molecule has 0 spiro atoms. The van der Waals surface area contributed by atoms with Crippen LogP contribution in [0.5, 0.6) is 0 Å². The van der Waals surface area contributed by atoms with Gasteiger partial charge in [0.1, 0.15) is 19.2 Å². The molecule has 54 heavy (non-hydrogen) atoms. The van der Waals surface area contributed by atoms with Crippen LogP contribution in [0.3, 0.4) is 0 Å². The number of carbonyl (C=O) groups excluding carboxylic acids is 2. The van der Waals surface area contributed by atoms with Crippen LogP contribution in [0.15, 0.2) is 66.7 Å². The SMILES string of the molecule is CCCCOC(=O)NCCCNC(=O)c1ccc2c(c1)c(-c1nc3ccc(-c4ccccc4)cc3n1COCC[Si](C)(C)C)nn2COCC[Si](C)(C)C. The van der Waals surface area contributed by atoms with Crippen LogP contribution in [0.25, 0.3) is 44.6 Å². The molecular weight excluding hydrogens is 713 g/mol. The Kier molecular flexibility index (Phi) is 14.3. The second kappa shape index (κ2) is 18.8. The van der Waals surface area contributed by atoms with Crippen LogP contribution in [0.1, 0.15) is 36.5 Å². The predicted octanol–water partition coefficient (Wildman–Crippen LogP) is 8.99. The number of alkyl carbamates (subject to hydrolysis) is 1. The van der Waals surface area contributed by atoms with Gasteiger partial charge in [0.2, 0.25) is 0 Å². The Hall–Kier alpha value is -4.31. The molecule has 0 bridgehead atoms. The van der Waals surface area contributed by atoms with Gasteiger partial charge in [0.05, 0.1) is 23.2 Å². The van der Waals surface area contributed by atoms with Gasteiger partial charge in [-0.15, -0.1) is 0 Å². The van der Waals surface area contributed by atoms with Gasteiger partial charge in [0.25, 0.3) is 5.91 Å². The van der Waals surface area contributed by atoms with Gasteiger partial charge in [-0.3, -0.25) is 9.36 Å². The molecule has 2 N–H and O–H groups in total. The molecule has 5 aromatic rings. The normalized spacial score (nSPS) is 12.1. The summed E-state index contributed by atoms with van der Waals surface area (Å²) in [5, 5.41) is 11.7. The molecule has 2 amide bonds. The van der Waals surface area contributed by atoms with E-state index in [1.807, 2.05) is 48.0 Å². The number of rotatable bonds is 20. The van der Waals surface area contributed by atoms with Crippen molar-refractivity contribution >= 4 is 50.1 Å². The molecule has 13 heteroatoms. The van der Waals surface area contributed by atoms with E-state index in [1.54, 1.807) is 0 Å². The van der Waals surface area contributed by atoms with Crippen molar-refractivity contribution in [3.05, 3.63) is 72.3 Å². The first-order valence-corrected chi connectivity index (χ1v) is 26.7. The molecule has 0 atom stereocenters. The summed E-state index contributed by atoms with van der Waals surface area (Å²) >= 11 is 0. The number of amides is 2. The molecule has 2 aromatic heterocycles. The van der Waals surface area contributed by atoms with E-state index < -0.39 is 22.2 Å². The van der Waals surface area contributed by atoms with Crippen molar-refractivity contribution in [2.75, 3.05) is 32.9 Å². The van der Waals surface area contributed by atoms with Gasteiger partial charge < -0.3 is 24.8 Å². The lowest BCUT2D eigenvalue weighted by atomic mass is 10.1. The Bertz CT molecular complexity index is 2000. The van der Waals surface area contributed by atoms with Crippen LogP contribution in [0, 0.1) is 0 Å². The summed E-state index contributed by atoms with van der Waals surface area (Å²) in [6, 6.07) is 24.4. The van der Waals surface area contributed by atoms with Crippen LogP contribution in [-0.4, -0.2) is 80.4 Å². The lowest BCUT2D eigenvalue weighted by molar-refractivity contribution is 0.0816. The Morgan fingerprint density at radius 2 is 1.44 bits per heavy atom. The zero-order valence-electron chi connectivity index (χ0n) is 33.2. The minimum atomic E-state index is -1.31. The highest BCUT2D eigenvalue weighted by atomic mass is 28.3. The molecule has 5 rings (SSSR count). The van der Waals surface area contributed by atoms with Gasteiger partial charge in [0.15, 0.2) is 5.82 Å². The van der Waals surface area contributed by atoms with Gasteiger partial charge in [-0.2, -0.15) is 5.10 Å². The molecule has 0 aliphatic carbocycles. The molecule has 0 aliphatic rings. The van der Waals surface area contributed by atoms with Crippen LogP contribution >= 0.6 is 0 Å². The monoisotopic (exact) mass is 770 g/mol. The van der Waals surface area contributed by atoms with Crippen LogP contribution < -0.4 is 10.6 Å². The highest BCUT2D eigenvalue weighted by Crippen LogP contribution is 2.33. The van der Waals surface area contributed by atoms with Crippen molar-refractivity contribution in [1.82, 2.24) is 30.0 Å². The van der Waals surface area contributed by atoms with E-state index in [1.165, 1.54) is 0 Å². The van der Waals surface area contributed by atoms with Gasteiger partial charge in [-0.1, -0.05) is 89.0 Å². The van der Waals surface area contributed by atoms with E-state index in [0.717, 1.165) is 58.0 Å². The van der Waals surface area contributed by atoms with Crippen molar-refractivity contribution in [3.8, 4) is 22.6 Å². The molecular formula is C41H58N6O5Si2. The highest BCUT2D eigenvalue weighted by molar-refractivity contribution is 6.76. The first-order valence-electron chi connectivity index (χ1n) is 19.2. The lowest BCUT2D eigenvalue weighted by Crippen LogP contribution is -2.30. The van der Waals surface area contributed by atoms with Gasteiger partial charge in [-0.05, 0) is 66.4 Å². The number of hydrogen-bond acceptors (Lipinski definition) is 7. The van der Waals surface area contributed by atoms with Gasteiger partial charge >= 0.3 is 6.09 Å². The second-order valence-electron chi connectivity index (χ2n) is 16.2. The lowest BCUT2D eigenvalue weighted by Gasteiger charge is -2.16. The van der Waals surface area contributed by atoms with Gasteiger partial charge in [-0.25, -0.2) is 14.5 Å². The standard InChI is InChI=1S/C41H58N6O5Si2/c1-8-9-22-52-41(49)43-21-13-20-42-40(48)33-17-19-36-34(27-33)38(45-47(36)30-51-24-26-54(5,6)7)39-44-35-18-16-32(31-14-11-10-12-15-31)28-37(35)46(39)29-50-23-25-53(2,3)4/h10-12,14-19,27-28H,8-9,13,20-26,29-30H2,1-7H3,(H,42,48)(H,43,49). The Balaban J connectivity index is 1.47. The fraction of sp³-hybridized carbons (Fsp3) is 0.463. The Labute approximate surface area is 321 Å². The van der Waals surface area contributed by atoms with E-state index >= 15 is 0 Å². The van der Waals surface area contributed by atoms with Crippen molar-refractivity contribution in [2.24, 2.45) is 0 Å². The fourth-order valence-corrected chi connectivity index (χ4v) is 7.35. The third-order valence-corrected chi connectivity index (χ3v) is 12.6. The molecule has 0 saturated heterocycles. The molecule has 0 fully saturated rings. The molecule has 2 heterocycles. The Morgan fingerprint density at radius 3 is 2.15 bits per heavy atom. The summed E-state index contributed by atoms with van der Waals surface area (Å²) < 4.78 is 21.7. The third kappa shape index (κ3) is 11.6. The predicted molar refractivity (Wildman–Crippen MR) is 223 cm³/mol. The number of hydrogen-bond donors (Lipinski definition) is 2. The molecule has 3 aromatic carbocycles. The van der Waals surface area contributed by atoms with Crippen molar-refractivity contribution in [2.45, 2.75) is 91.0 Å². The summed E-state index contributed by atoms with van der Waals surface area (Å²) in [6.45, 7) is 19.2. The molecule has 290 valence electrons. The molecule has 0 unspecified atom stereocenters. The Morgan fingerprint density at radius 1 is 0.741 bits per heavy atom. The number of fused-ring (bicyclic) bond motifs is 2. The average molecular weight is 771 g/mol.